The molecule has 124 valence electrons. The Morgan fingerprint density at radius 2 is 2.29 bits per heavy atom. The largest absolute Gasteiger partial charge is 0.359 e. The van der Waals surface area contributed by atoms with E-state index in [-0.39, 0.29) is 24.4 Å². The molecule has 7 nitrogen and oxygen atoms in total. The summed E-state index contributed by atoms with van der Waals surface area (Å²) in [5, 5.41) is 7.91. The lowest BCUT2D eigenvalue weighted by molar-refractivity contribution is -0.117. The highest BCUT2D eigenvalue weighted by Crippen LogP contribution is 2.30. The summed E-state index contributed by atoms with van der Waals surface area (Å²) in [6, 6.07) is 1.99. The number of hydrogen-bond donors (Lipinski definition) is 2. The van der Waals surface area contributed by atoms with Gasteiger partial charge in [-0.15, -0.1) is 11.3 Å². The topological polar surface area (TPSA) is 87.2 Å². The Bertz CT molecular complexity index is 773. The van der Waals surface area contributed by atoms with Crippen molar-refractivity contribution in [2.24, 2.45) is 0 Å². The minimum absolute atomic E-state index is 0.0612. The van der Waals surface area contributed by atoms with Crippen LogP contribution < -0.4 is 15.5 Å². The SMILES string of the molecule is O=C(NC1CCC1)c1cnc2c(c1)N(Cc1cscn1)C(=O)CN2. The molecule has 1 fully saturated rings. The molecule has 1 aliphatic carbocycles. The number of amides is 2. The summed E-state index contributed by atoms with van der Waals surface area (Å²) in [5.74, 6) is 0.417. The van der Waals surface area contributed by atoms with Gasteiger partial charge in [0.15, 0.2) is 5.82 Å². The molecule has 0 bridgehead atoms. The van der Waals surface area contributed by atoms with Crippen molar-refractivity contribution in [3.8, 4) is 0 Å². The molecule has 0 unspecified atom stereocenters. The third kappa shape index (κ3) is 2.84. The van der Waals surface area contributed by atoms with Crippen LogP contribution in [0.2, 0.25) is 0 Å². The smallest absolute Gasteiger partial charge is 0.253 e. The van der Waals surface area contributed by atoms with Crippen LogP contribution in [0.15, 0.2) is 23.2 Å². The van der Waals surface area contributed by atoms with E-state index >= 15 is 0 Å². The zero-order chi connectivity index (χ0) is 16.5. The average molecular weight is 343 g/mol. The maximum atomic E-state index is 12.4. The normalized spacial score (nSPS) is 17.0. The number of nitrogens with zero attached hydrogens (tertiary/aromatic N) is 3. The minimum atomic E-state index is -0.137. The predicted molar refractivity (Wildman–Crippen MR) is 91.1 cm³/mol. The molecule has 8 heteroatoms. The van der Waals surface area contributed by atoms with E-state index < -0.39 is 0 Å². The highest BCUT2D eigenvalue weighted by Gasteiger charge is 2.27. The molecule has 2 aromatic rings. The number of carbonyl (C=O) groups excluding carboxylic acids is 2. The number of rotatable bonds is 4. The lowest BCUT2D eigenvalue weighted by Crippen LogP contribution is -2.41. The Hall–Kier alpha value is -2.48. The average Bonchev–Trinajstić information content (AvgIpc) is 3.06. The van der Waals surface area contributed by atoms with Gasteiger partial charge in [0.2, 0.25) is 5.91 Å². The molecule has 24 heavy (non-hydrogen) atoms. The number of hydrogen-bond acceptors (Lipinski definition) is 6. The molecule has 2 aromatic heterocycles. The monoisotopic (exact) mass is 343 g/mol. The molecular formula is C16H17N5O2S. The summed E-state index contributed by atoms with van der Waals surface area (Å²) in [4.78, 5) is 34.9. The van der Waals surface area contributed by atoms with E-state index in [4.69, 9.17) is 0 Å². The van der Waals surface area contributed by atoms with Crippen LogP contribution in [-0.2, 0) is 11.3 Å². The molecule has 4 rings (SSSR count). The van der Waals surface area contributed by atoms with Gasteiger partial charge >= 0.3 is 0 Å². The zero-order valence-electron chi connectivity index (χ0n) is 13.0. The molecule has 0 radical (unpaired) electrons. The van der Waals surface area contributed by atoms with Crippen LogP contribution in [0, 0.1) is 0 Å². The lowest BCUT2D eigenvalue weighted by Gasteiger charge is -2.30. The summed E-state index contributed by atoms with van der Waals surface area (Å²) in [7, 11) is 0. The van der Waals surface area contributed by atoms with Gasteiger partial charge < -0.3 is 15.5 Å². The number of carbonyl (C=O) groups is 2. The highest BCUT2D eigenvalue weighted by atomic mass is 32.1. The summed E-state index contributed by atoms with van der Waals surface area (Å²) in [6.45, 7) is 0.574. The van der Waals surface area contributed by atoms with Crippen molar-refractivity contribution >= 4 is 34.7 Å². The van der Waals surface area contributed by atoms with Crippen LogP contribution in [0.1, 0.15) is 35.3 Å². The molecule has 0 spiro atoms. The number of anilines is 2. The van der Waals surface area contributed by atoms with Gasteiger partial charge in [0.1, 0.15) is 0 Å². The van der Waals surface area contributed by atoms with Gasteiger partial charge in [0, 0.05) is 17.6 Å². The molecule has 1 saturated carbocycles. The van der Waals surface area contributed by atoms with E-state index in [1.165, 1.54) is 11.3 Å². The number of thiazole rings is 1. The number of aromatic nitrogens is 2. The number of pyridine rings is 1. The van der Waals surface area contributed by atoms with Crippen LogP contribution in [-0.4, -0.2) is 34.4 Å². The van der Waals surface area contributed by atoms with Crippen molar-refractivity contribution in [1.82, 2.24) is 15.3 Å². The fourth-order valence-corrected chi connectivity index (χ4v) is 3.33. The van der Waals surface area contributed by atoms with Crippen LogP contribution in [0.5, 0.6) is 0 Å². The number of nitrogens with one attached hydrogen (secondary N) is 2. The van der Waals surface area contributed by atoms with Crippen molar-refractivity contribution in [3.05, 3.63) is 34.4 Å². The van der Waals surface area contributed by atoms with Gasteiger partial charge in [-0.1, -0.05) is 0 Å². The van der Waals surface area contributed by atoms with Gasteiger partial charge in [-0.05, 0) is 25.3 Å². The van der Waals surface area contributed by atoms with Crippen molar-refractivity contribution in [2.45, 2.75) is 31.8 Å². The molecule has 0 atom stereocenters. The summed E-state index contributed by atoms with van der Waals surface area (Å²) < 4.78 is 0. The molecule has 0 aromatic carbocycles. The molecule has 2 aliphatic rings. The van der Waals surface area contributed by atoms with Gasteiger partial charge in [0.05, 0.1) is 35.5 Å². The Morgan fingerprint density at radius 3 is 3.00 bits per heavy atom. The first kappa shape index (κ1) is 15.1. The second-order valence-electron chi connectivity index (χ2n) is 6.01. The van der Waals surface area contributed by atoms with Crippen molar-refractivity contribution in [3.63, 3.8) is 0 Å². The molecule has 2 N–H and O–H groups in total. The van der Waals surface area contributed by atoms with Gasteiger partial charge in [-0.3, -0.25) is 9.59 Å². The van der Waals surface area contributed by atoms with Crippen molar-refractivity contribution < 1.29 is 9.59 Å². The molecule has 3 heterocycles. The first-order chi connectivity index (χ1) is 11.7. The van der Waals surface area contributed by atoms with Gasteiger partial charge in [0.25, 0.3) is 5.91 Å². The fourth-order valence-electron chi connectivity index (χ4n) is 2.78. The summed E-state index contributed by atoms with van der Waals surface area (Å²) in [6.07, 6.45) is 4.77. The maximum absolute atomic E-state index is 12.4. The lowest BCUT2D eigenvalue weighted by atomic mass is 9.93. The minimum Gasteiger partial charge on any atom is -0.359 e. The second-order valence-corrected chi connectivity index (χ2v) is 6.72. The van der Waals surface area contributed by atoms with Crippen molar-refractivity contribution in [1.29, 1.82) is 0 Å². The Balaban J connectivity index is 1.61. The highest BCUT2D eigenvalue weighted by molar-refractivity contribution is 7.07. The summed E-state index contributed by atoms with van der Waals surface area (Å²) >= 11 is 1.49. The Kier molecular flexibility index (Phi) is 3.89. The predicted octanol–water partition coefficient (Wildman–Crippen LogP) is 1.78. The quantitative estimate of drug-likeness (QED) is 0.884. The van der Waals surface area contributed by atoms with Crippen LogP contribution >= 0.6 is 11.3 Å². The third-order valence-corrected chi connectivity index (χ3v) is 5.01. The molecular weight excluding hydrogens is 326 g/mol. The van der Waals surface area contributed by atoms with Gasteiger partial charge in [-0.25, -0.2) is 9.97 Å². The second kappa shape index (κ2) is 6.20. The number of fused-ring (bicyclic) bond motifs is 1. The van der Waals surface area contributed by atoms with E-state index in [1.54, 1.807) is 22.7 Å². The van der Waals surface area contributed by atoms with Crippen LogP contribution in [0.4, 0.5) is 11.5 Å². The Labute approximate surface area is 143 Å². The molecule has 0 saturated heterocycles. The van der Waals surface area contributed by atoms with Gasteiger partial charge in [-0.2, -0.15) is 0 Å². The van der Waals surface area contributed by atoms with E-state index in [0.717, 1.165) is 25.0 Å². The van der Waals surface area contributed by atoms with E-state index in [2.05, 4.69) is 20.6 Å². The maximum Gasteiger partial charge on any atom is 0.253 e. The summed E-state index contributed by atoms with van der Waals surface area (Å²) in [5.41, 5.74) is 3.66. The Morgan fingerprint density at radius 1 is 1.42 bits per heavy atom. The standard InChI is InChI=1S/C16H17N5O2S/c22-14-6-18-15-13(21(14)7-12-8-24-9-19-12)4-10(5-17-15)16(23)20-11-2-1-3-11/h4-5,8-9,11H,1-3,6-7H2,(H,17,18)(H,20,23). The first-order valence-corrected chi connectivity index (χ1v) is 8.87. The molecule has 2 amide bonds. The van der Waals surface area contributed by atoms with E-state index in [1.807, 2.05) is 5.38 Å². The third-order valence-electron chi connectivity index (χ3n) is 4.37. The van der Waals surface area contributed by atoms with E-state index in [9.17, 15) is 9.59 Å². The van der Waals surface area contributed by atoms with Crippen molar-refractivity contribution in [2.75, 3.05) is 16.8 Å². The fraction of sp³-hybridized carbons (Fsp3) is 0.375. The van der Waals surface area contributed by atoms with E-state index in [0.29, 0.717) is 23.6 Å². The van der Waals surface area contributed by atoms with Crippen LogP contribution in [0.3, 0.4) is 0 Å². The molecule has 1 aliphatic heterocycles. The first-order valence-electron chi connectivity index (χ1n) is 7.93. The van der Waals surface area contributed by atoms with Crippen LogP contribution in [0.25, 0.3) is 0 Å². The zero-order valence-corrected chi connectivity index (χ0v) is 13.8.